The normalized spacial score (nSPS) is 10.6. The van der Waals surface area contributed by atoms with Gasteiger partial charge in [-0.15, -0.1) is 10.2 Å². The van der Waals surface area contributed by atoms with E-state index in [9.17, 15) is 0 Å². The second-order valence-corrected chi connectivity index (χ2v) is 6.25. The van der Waals surface area contributed by atoms with Gasteiger partial charge >= 0.3 is 0 Å². The first kappa shape index (κ1) is 18.6. The highest BCUT2D eigenvalue weighted by Crippen LogP contribution is 2.31. The zero-order chi connectivity index (χ0) is 20.1. The number of rotatable bonds is 7. The Balaban J connectivity index is 1.42. The molecule has 4 rings (SSSR count). The molecule has 0 atom stereocenters. The third kappa shape index (κ3) is 4.21. The average Bonchev–Trinajstić information content (AvgIpc) is 3.27. The Kier molecular flexibility index (Phi) is 5.42. The SMILES string of the molecule is COc1ccc(-c2nnc(COc3ccc(-c4ccccc4)cc3)o2)cc1OC. The van der Waals surface area contributed by atoms with Crippen LogP contribution in [0.4, 0.5) is 0 Å². The van der Waals surface area contributed by atoms with Crippen molar-refractivity contribution >= 4 is 0 Å². The molecule has 0 fully saturated rings. The van der Waals surface area contributed by atoms with Gasteiger partial charge in [-0.1, -0.05) is 42.5 Å². The molecule has 0 bridgehead atoms. The van der Waals surface area contributed by atoms with Crippen molar-refractivity contribution in [3.05, 3.63) is 78.7 Å². The summed E-state index contributed by atoms with van der Waals surface area (Å²) in [6.45, 7) is 0.185. The molecule has 1 heterocycles. The van der Waals surface area contributed by atoms with Crippen LogP contribution in [0.5, 0.6) is 17.2 Å². The first-order chi connectivity index (χ1) is 14.3. The zero-order valence-electron chi connectivity index (χ0n) is 16.2. The summed E-state index contributed by atoms with van der Waals surface area (Å²) in [5, 5.41) is 8.15. The predicted octanol–water partition coefficient (Wildman–Crippen LogP) is 5.00. The van der Waals surface area contributed by atoms with Crippen LogP contribution in [0, 0.1) is 0 Å². The summed E-state index contributed by atoms with van der Waals surface area (Å²) in [6.07, 6.45) is 0. The second-order valence-electron chi connectivity index (χ2n) is 6.25. The first-order valence-electron chi connectivity index (χ1n) is 9.10. The van der Waals surface area contributed by atoms with Gasteiger partial charge in [0.15, 0.2) is 18.1 Å². The molecule has 0 aliphatic rings. The number of hydrogen-bond donors (Lipinski definition) is 0. The summed E-state index contributed by atoms with van der Waals surface area (Å²) in [5.41, 5.74) is 3.04. The summed E-state index contributed by atoms with van der Waals surface area (Å²) in [5.74, 6) is 2.75. The molecule has 0 aliphatic heterocycles. The Bertz CT molecular complexity index is 1080. The third-order valence-corrected chi connectivity index (χ3v) is 4.42. The van der Waals surface area contributed by atoms with Crippen LogP contribution in [0.15, 0.2) is 77.2 Å². The smallest absolute Gasteiger partial charge is 0.254 e. The number of hydrogen-bond acceptors (Lipinski definition) is 6. The fourth-order valence-electron chi connectivity index (χ4n) is 2.92. The quantitative estimate of drug-likeness (QED) is 0.444. The highest BCUT2D eigenvalue weighted by Gasteiger charge is 2.12. The van der Waals surface area contributed by atoms with Gasteiger partial charge in [0.1, 0.15) is 5.75 Å². The van der Waals surface area contributed by atoms with Crippen molar-refractivity contribution < 1.29 is 18.6 Å². The maximum absolute atomic E-state index is 5.77. The largest absolute Gasteiger partial charge is 0.493 e. The van der Waals surface area contributed by atoms with E-state index in [0.717, 1.165) is 22.4 Å². The Morgan fingerprint density at radius 3 is 2.14 bits per heavy atom. The number of methoxy groups -OCH3 is 2. The molecule has 4 aromatic rings. The summed E-state index contributed by atoms with van der Waals surface area (Å²) in [7, 11) is 3.17. The molecule has 3 aromatic carbocycles. The number of aromatic nitrogens is 2. The molecule has 1 aromatic heterocycles. The van der Waals surface area contributed by atoms with Gasteiger partial charge in [-0.3, -0.25) is 0 Å². The van der Waals surface area contributed by atoms with E-state index in [1.165, 1.54) is 0 Å². The molecule has 0 unspecified atom stereocenters. The van der Waals surface area contributed by atoms with Gasteiger partial charge in [0.05, 0.1) is 14.2 Å². The Morgan fingerprint density at radius 1 is 0.724 bits per heavy atom. The van der Waals surface area contributed by atoms with Crippen LogP contribution >= 0.6 is 0 Å². The van der Waals surface area contributed by atoms with E-state index in [1.807, 2.05) is 48.5 Å². The molecule has 6 nitrogen and oxygen atoms in total. The van der Waals surface area contributed by atoms with Gasteiger partial charge in [-0.05, 0) is 41.5 Å². The van der Waals surface area contributed by atoms with E-state index in [1.54, 1.807) is 26.4 Å². The fraction of sp³-hybridized carbons (Fsp3) is 0.130. The topological polar surface area (TPSA) is 66.6 Å². The Morgan fingerprint density at radius 2 is 1.41 bits per heavy atom. The molecule has 29 heavy (non-hydrogen) atoms. The van der Waals surface area contributed by atoms with Gasteiger partial charge in [0.2, 0.25) is 5.89 Å². The van der Waals surface area contributed by atoms with Gasteiger partial charge in [-0.25, -0.2) is 0 Å². The molecule has 0 saturated heterocycles. The minimum absolute atomic E-state index is 0.185. The van der Waals surface area contributed by atoms with Crippen LogP contribution in [0.1, 0.15) is 5.89 Å². The highest BCUT2D eigenvalue weighted by molar-refractivity contribution is 5.64. The molecule has 0 amide bonds. The molecular formula is C23H20N2O4. The fourth-order valence-corrected chi connectivity index (χ4v) is 2.92. The Hall–Kier alpha value is -3.80. The van der Waals surface area contributed by atoms with Crippen LogP contribution in [-0.2, 0) is 6.61 Å². The van der Waals surface area contributed by atoms with E-state index in [-0.39, 0.29) is 6.61 Å². The van der Waals surface area contributed by atoms with Crippen molar-refractivity contribution in [3.8, 4) is 39.8 Å². The average molecular weight is 388 g/mol. The van der Waals surface area contributed by atoms with E-state index < -0.39 is 0 Å². The van der Waals surface area contributed by atoms with Crippen molar-refractivity contribution in [1.29, 1.82) is 0 Å². The number of nitrogens with zero attached hydrogens (tertiary/aromatic N) is 2. The Labute approximate surface area is 168 Å². The molecular weight excluding hydrogens is 368 g/mol. The van der Waals surface area contributed by atoms with Crippen molar-refractivity contribution in [1.82, 2.24) is 10.2 Å². The van der Waals surface area contributed by atoms with Crippen molar-refractivity contribution in [3.63, 3.8) is 0 Å². The van der Waals surface area contributed by atoms with E-state index in [0.29, 0.717) is 23.3 Å². The molecule has 6 heteroatoms. The molecule has 0 aliphatic carbocycles. The lowest BCUT2D eigenvalue weighted by Crippen LogP contribution is -1.95. The first-order valence-corrected chi connectivity index (χ1v) is 9.10. The summed E-state index contributed by atoms with van der Waals surface area (Å²) < 4.78 is 22.0. The van der Waals surface area contributed by atoms with Crippen LogP contribution in [0.25, 0.3) is 22.6 Å². The minimum atomic E-state index is 0.185. The summed E-state index contributed by atoms with van der Waals surface area (Å²) in [4.78, 5) is 0. The second kappa shape index (κ2) is 8.48. The van der Waals surface area contributed by atoms with Gasteiger partial charge in [0.25, 0.3) is 5.89 Å². The molecule has 0 radical (unpaired) electrons. The number of benzene rings is 3. The predicted molar refractivity (Wildman–Crippen MR) is 109 cm³/mol. The number of ether oxygens (including phenoxy) is 3. The van der Waals surface area contributed by atoms with Gasteiger partial charge in [-0.2, -0.15) is 0 Å². The lowest BCUT2D eigenvalue weighted by atomic mass is 10.1. The monoisotopic (exact) mass is 388 g/mol. The van der Waals surface area contributed by atoms with Gasteiger partial charge < -0.3 is 18.6 Å². The van der Waals surface area contributed by atoms with E-state index in [2.05, 4.69) is 22.3 Å². The van der Waals surface area contributed by atoms with Gasteiger partial charge in [0, 0.05) is 5.56 Å². The van der Waals surface area contributed by atoms with Crippen molar-refractivity contribution in [2.45, 2.75) is 6.61 Å². The van der Waals surface area contributed by atoms with Crippen LogP contribution < -0.4 is 14.2 Å². The maximum Gasteiger partial charge on any atom is 0.254 e. The standard InChI is InChI=1S/C23H20N2O4/c1-26-20-13-10-18(14-21(20)27-2)23-25-24-22(29-23)15-28-19-11-8-17(9-12-19)16-6-4-3-5-7-16/h3-14H,15H2,1-2H3. The third-order valence-electron chi connectivity index (χ3n) is 4.42. The lowest BCUT2D eigenvalue weighted by Gasteiger charge is -2.07. The van der Waals surface area contributed by atoms with Crippen LogP contribution in [0.3, 0.4) is 0 Å². The lowest BCUT2D eigenvalue weighted by molar-refractivity contribution is 0.264. The van der Waals surface area contributed by atoms with Crippen molar-refractivity contribution in [2.75, 3.05) is 14.2 Å². The van der Waals surface area contributed by atoms with Crippen LogP contribution in [0.2, 0.25) is 0 Å². The van der Waals surface area contributed by atoms with E-state index >= 15 is 0 Å². The van der Waals surface area contributed by atoms with Crippen molar-refractivity contribution in [2.24, 2.45) is 0 Å². The maximum atomic E-state index is 5.77. The van der Waals surface area contributed by atoms with E-state index in [4.69, 9.17) is 18.6 Å². The summed E-state index contributed by atoms with van der Waals surface area (Å²) >= 11 is 0. The highest BCUT2D eigenvalue weighted by atomic mass is 16.5. The minimum Gasteiger partial charge on any atom is -0.493 e. The summed E-state index contributed by atoms with van der Waals surface area (Å²) in [6, 6.07) is 23.5. The molecule has 0 saturated carbocycles. The molecule has 0 N–H and O–H groups in total. The molecule has 0 spiro atoms. The van der Waals surface area contributed by atoms with Crippen LogP contribution in [-0.4, -0.2) is 24.4 Å². The molecule has 146 valence electrons. The zero-order valence-corrected chi connectivity index (χ0v) is 16.2.